The highest BCUT2D eigenvalue weighted by molar-refractivity contribution is 6.21. The molecule has 0 radical (unpaired) electrons. The zero-order chi connectivity index (χ0) is 21.0. The highest BCUT2D eigenvalue weighted by Gasteiger charge is 2.39. The monoisotopic (exact) mass is 406 g/mol. The molecule has 3 rings (SSSR count). The number of carbonyl (C=O) groups is 3. The Bertz CT molecular complexity index is 917. The third kappa shape index (κ3) is 4.71. The molecule has 1 aromatic heterocycles. The summed E-state index contributed by atoms with van der Waals surface area (Å²) in [6, 6.07) is 4.64. The first-order valence-corrected chi connectivity index (χ1v) is 8.82. The van der Waals surface area contributed by atoms with Crippen molar-refractivity contribution < 1.29 is 27.6 Å². The van der Waals surface area contributed by atoms with Crippen LogP contribution in [0, 0.1) is 17.5 Å². The first-order chi connectivity index (χ1) is 13.9. The molecule has 0 spiro atoms. The number of aromatic nitrogens is 1. The fraction of sp³-hybridized carbons (Fsp3) is 0.263. The standard InChI is InChI=1S/C19H17F3N4O3/c20-13-9-12(10-14(21)17(13)22)26-18(28)15(25-19(26)29)4-5-16(27)24-8-6-11-3-1-2-7-23-11/h1-3,7,9-10,15H,4-6,8H2,(H,24,27)(H,25,29)/t15-/m1/s1. The summed E-state index contributed by atoms with van der Waals surface area (Å²) < 4.78 is 39.9. The van der Waals surface area contributed by atoms with Crippen LogP contribution in [0.2, 0.25) is 0 Å². The minimum Gasteiger partial charge on any atom is -0.356 e. The second-order valence-corrected chi connectivity index (χ2v) is 6.36. The van der Waals surface area contributed by atoms with Crippen molar-refractivity contribution in [2.24, 2.45) is 0 Å². The van der Waals surface area contributed by atoms with E-state index in [2.05, 4.69) is 15.6 Å². The van der Waals surface area contributed by atoms with Crippen molar-refractivity contribution in [1.82, 2.24) is 15.6 Å². The van der Waals surface area contributed by atoms with E-state index < -0.39 is 41.1 Å². The number of hydrogen-bond acceptors (Lipinski definition) is 4. The lowest BCUT2D eigenvalue weighted by Crippen LogP contribution is -2.33. The third-order valence-electron chi connectivity index (χ3n) is 4.34. The molecule has 1 fully saturated rings. The van der Waals surface area contributed by atoms with E-state index in [0.717, 1.165) is 5.69 Å². The van der Waals surface area contributed by atoms with Gasteiger partial charge in [-0.2, -0.15) is 0 Å². The summed E-state index contributed by atoms with van der Waals surface area (Å²) in [5, 5.41) is 5.04. The average Bonchev–Trinajstić information content (AvgIpc) is 2.98. The first kappa shape index (κ1) is 20.3. The minimum absolute atomic E-state index is 0.00263. The van der Waals surface area contributed by atoms with E-state index in [4.69, 9.17) is 0 Å². The molecule has 2 N–H and O–H groups in total. The van der Waals surface area contributed by atoms with Crippen LogP contribution < -0.4 is 15.5 Å². The molecule has 152 valence electrons. The highest BCUT2D eigenvalue weighted by Crippen LogP contribution is 2.25. The van der Waals surface area contributed by atoms with Gasteiger partial charge in [-0.05, 0) is 18.6 Å². The lowest BCUT2D eigenvalue weighted by molar-refractivity contribution is -0.121. The number of urea groups is 1. The smallest absolute Gasteiger partial charge is 0.329 e. The molecule has 0 bridgehead atoms. The van der Waals surface area contributed by atoms with Crippen LogP contribution in [0.3, 0.4) is 0 Å². The minimum atomic E-state index is -1.69. The van der Waals surface area contributed by atoms with E-state index in [9.17, 15) is 27.6 Å². The molecule has 1 saturated heterocycles. The van der Waals surface area contributed by atoms with Gasteiger partial charge in [-0.1, -0.05) is 6.07 Å². The summed E-state index contributed by atoms with van der Waals surface area (Å²) in [6.45, 7) is 0.362. The Hall–Kier alpha value is -3.43. The van der Waals surface area contributed by atoms with Gasteiger partial charge < -0.3 is 10.6 Å². The molecule has 29 heavy (non-hydrogen) atoms. The van der Waals surface area contributed by atoms with E-state index in [-0.39, 0.29) is 18.7 Å². The second-order valence-electron chi connectivity index (χ2n) is 6.36. The first-order valence-electron chi connectivity index (χ1n) is 8.82. The van der Waals surface area contributed by atoms with Crippen molar-refractivity contribution in [1.29, 1.82) is 0 Å². The number of amides is 4. The molecule has 1 aromatic carbocycles. The summed E-state index contributed by atoms with van der Waals surface area (Å²) in [6.07, 6.45) is 2.15. The Morgan fingerprint density at radius 3 is 2.55 bits per heavy atom. The van der Waals surface area contributed by atoms with Crippen molar-refractivity contribution in [3.63, 3.8) is 0 Å². The number of carbonyl (C=O) groups excluding carboxylic acids is 3. The number of anilines is 1. The number of imide groups is 1. The molecule has 1 aliphatic rings. The zero-order valence-electron chi connectivity index (χ0n) is 15.1. The molecule has 1 aliphatic heterocycles. The molecule has 2 aromatic rings. The normalized spacial score (nSPS) is 16.1. The number of rotatable bonds is 7. The number of halogens is 3. The maximum absolute atomic E-state index is 13.4. The van der Waals surface area contributed by atoms with Gasteiger partial charge in [0.05, 0.1) is 5.69 Å². The molecule has 0 unspecified atom stereocenters. The number of benzene rings is 1. The summed E-state index contributed by atoms with van der Waals surface area (Å²) in [5.41, 5.74) is 0.395. The fourth-order valence-corrected chi connectivity index (χ4v) is 2.88. The number of nitrogens with zero attached hydrogens (tertiary/aromatic N) is 2. The maximum atomic E-state index is 13.4. The Kier molecular flexibility index (Phi) is 6.10. The van der Waals surface area contributed by atoms with Crippen LogP contribution in [0.25, 0.3) is 0 Å². The van der Waals surface area contributed by atoms with Gasteiger partial charge in [0.15, 0.2) is 17.5 Å². The Labute approximate surface area is 163 Å². The molecule has 4 amide bonds. The lowest BCUT2D eigenvalue weighted by Gasteiger charge is -2.13. The highest BCUT2D eigenvalue weighted by atomic mass is 19.2. The van der Waals surface area contributed by atoms with Crippen molar-refractivity contribution in [2.75, 3.05) is 11.4 Å². The summed E-state index contributed by atoms with van der Waals surface area (Å²) in [5.74, 6) is -5.82. The molecular weight excluding hydrogens is 389 g/mol. The Morgan fingerprint density at radius 2 is 1.90 bits per heavy atom. The average molecular weight is 406 g/mol. The van der Waals surface area contributed by atoms with E-state index in [1.54, 1.807) is 12.3 Å². The van der Waals surface area contributed by atoms with Crippen molar-refractivity contribution >= 4 is 23.5 Å². The summed E-state index contributed by atoms with van der Waals surface area (Å²) in [4.78, 5) is 41.0. The number of pyridine rings is 1. The molecule has 0 aliphatic carbocycles. The topological polar surface area (TPSA) is 91.4 Å². The SMILES string of the molecule is O=C(CC[C@H]1NC(=O)N(c2cc(F)c(F)c(F)c2)C1=O)NCCc1ccccn1. The van der Waals surface area contributed by atoms with Crippen molar-refractivity contribution in [3.05, 3.63) is 59.7 Å². The maximum Gasteiger partial charge on any atom is 0.329 e. The van der Waals surface area contributed by atoms with Gasteiger partial charge >= 0.3 is 6.03 Å². The van der Waals surface area contributed by atoms with E-state index in [0.29, 0.717) is 30.0 Å². The summed E-state index contributed by atoms with van der Waals surface area (Å²) in [7, 11) is 0. The third-order valence-corrected chi connectivity index (χ3v) is 4.34. The van der Waals surface area contributed by atoms with Crippen molar-refractivity contribution in [3.8, 4) is 0 Å². The number of hydrogen-bond donors (Lipinski definition) is 2. The fourth-order valence-electron chi connectivity index (χ4n) is 2.88. The van der Waals surface area contributed by atoms with Crippen molar-refractivity contribution in [2.45, 2.75) is 25.3 Å². The van der Waals surface area contributed by atoms with E-state index >= 15 is 0 Å². The van der Waals surface area contributed by atoms with E-state index in [1.165, 1.54) is 0 Å². The lowest BCUT2D eigenvalue weighted by atomic mass is 10.1. The molecule has 7 nitrogen and oxygen atoms in total. The molecule has 1 atom stereocenters. The summed E-state index contributed by atoms with van der Waals surface area (Å²) >= 11 is 0. The quantitative estimate of drug-likeness (QED) is 0.544. The Morgan fingerprint density at radius 1 is 1.17 bits per heavy atom. The van der Waals surface area contributed by atoms with Gasteiger partial charge in [-0.15, -0.1) is 0 Å². The largest absolute Gasteiger partial charge is 0.356 e. The van der Waals surface area contributed by atoms with Crippen LogP contribution in [0.15, 0.2) is 36.5 Å². The van der Waals surface area contributed by atoms with Crippen LogP contribution >= 0.6 is 0 Å². The van der Waals surface area contributed by atoms with Crippen LogP contribution in [-0.4, -0.2) is 35.4 Å². The van der Waals surface area contributed by atoms with Gasteiger partial charge in [-0.3, -0.25) is 14.6 Å². The van der Waals surface area contributed by atoms with Crippen LogP contribution in [0.4, 0.5) is 23.7 Å². The van der Waals surface area contributed by atoms with Gasteiger partial charge in [0.1, 0.15) is 6.04 Å². The second kappa shape index (κ2) is 8.72. The molecular formula is C19H17F3N4O3. The van der Waals surface area contributed by atoms with Crippen LogP contribution in [0.5, 0.6) is 0 Å². The van der Waals surface area contributed by atoms with E-state index in [1.807, 2.05) is 12.1 Å². The van der Waals surface area contributed by atoms with Crippen LogP contribution in [0.1, 0.15) is 18.5 Å². The zero-order valence-corrected chi connectivity index (χ0v) is 15.1. The van der Waals surface area contributed by atoms with Gasteiger partial charge in [-0.25, -0.2) is 22.9 Å². The van der Waals surface area contributed by atoms with Gasteiger partial charge in [0.25, 0.3) is 5.91 Å². The van der Waals surface area contributed by atoms with Gasteiger partial charge in [0.2, 0.25) is 5.91 Å². The Balaban J connectivity index is 1.53. The molecule has 10 heteroatoms. The number of nitrogens with one attached hydrogen (secondary N) is 2. The van der Waals surface area contributed by atoms with Crippen LogP contribution in [-0.2, 0) is 16.0 Å². The molecule has 0 saturated carbocycles. The predicted molar refractivity (Wildman–Crippen MR) is 96.3 cm³/mol. The predicted octanol–water partition coefficient (Wildman–Crippen LogP) is 2.06. The molecule has 2 heterocycles. The van der Waals surface area contributed by atoms with Gasteiger partial charge in [0, 0.05) is 43.4 Å².